The first kappa shape index (κ1) is 18.0. The molecule has 25 heavy (non-hydrogen) atoms. The average molecular weight is 384 g/mol. The Labute approximate surface area is 155 Å². The second-order valence-corrected chi connectivity index (χ2v) is 7.52. The van der Waals surface area contributed by atoms with Crippen molar-refractivity contribution < 1.29 is 14.4 Å². The molecule has 0 unspecified atom stereocenters. The number of rotatable bonds is 3. The topological polar surface area (TPSA) is 78.5 Å². The smallest absolute Gasteiger partial charge is 0.324 e. The van der Waals surface area contributed by atoms with E-state index in [1.165, 1.54) is 0 Å². The molecular weight excluding hydrogens is 365 g/mol. The van der Waals surface area contributed by atoms with Crippen LogP contribution >= 0.6 is 23.2 Å². The molecule has 4 amide bonds. The molecule has 1 aromatic carbocycles. The summed E-state index contributed by atoms with van der Waals surface area (Å²) in [6, 6.07) is 4.12. The molecule has 2 fully saturated rings. The quantitative estimate of drug-likeness (QED) is 0.784. The van der Waals surface area contributed by atoms with Crippen LogP contribution in [0.1, 0.15) is 32.6 Å². The molecule has 8 heteroatoms. The van der Waals surface area contributed by atoms with Crippen LogP contribution in [-0.4, -0.2) is 34.8 Å². The van der Waals surface area contributed by atoms with Gasteiger partial charge in [0.05, 0.1) is 0 Å². The molecule has 1 aliphatic carbocycles. The average Bonchev–Trinajstić information content (AvgIpc) is 2.74. The van der Waals surface area contributed by atoms with Crippen LogP contribution in [0.3, 0.4) is 0 Å². The lowest BCUT2D eigenvalue weighted by Gasteiger charge is -2.36. The zero-order chi connectivity index (χ0) is 18.2. The molecule has 2 N–H and O–H groups in total. The van der Waals surface area contributed by atoms with E-state index in [9.17, 15) is 14.4 Å². The highest BCUT2D eigenvalue weighted by Gasteiger charge is 2.55. The number of imide groups is 1. The van der Waals surface area contributed by atoms with Gasteiger partial charge >= 0.3 is 6.03 Å². The zero-order valence-electron chi connectivity index (χ0n) is 13.8. The van der Waals surface area contributed by atoms with Gasteiger partial charge in [-0.1, -0.05) is 43.0 Å². The van der Waals surface area contributed by atoms with Gasteiger partial charge in [0.15, 0.2) is 0 Å². The summed E-state index contributed by atoms with van der Waals surface area (Å²) in [5.41, 5.74) is -0.454. The van der Waals surface area contributed by atoms with Gasteiger partial charge in [0, 0.05) is 15.7 Å². The van der Waals surface area contributed by atoms with Crippen molar-refractivity contribution in [3.63, 3.8) is 0 Å². The summed E-state index contributed by atoms with van der Waals surface area (Å²) >= 11 is 11.8. The van der Waals surface area contributed by atoms with E-state index in [1.807, 2.05) is 6.92 Å². The molecular formula is C17H19Cl2N3O3. The van der Waals surface area contributed by atoms with Crippen LogP contribution in [0, 0.1) is 5.92 Å². The van der Waals surface area contributed by atoms with Crippen LogP contribution in [0.25, 0.3) is 0 Å². The van der Waals surface area contributed by atoms with Crippen molar-refractivity contribution in [1.29, 1.82) is 0 Å². The summed E-state index contributed by atoms with van der Waals surface area (Å²) in [6.45, 7) is 1.62. The number of amides is 4. The maximum absolute atomic E-state index is 12.8. The minimum atomic E-state index is -0.866. The molecule has 6 nitrogen and oxygen atoms in total. The lowest BCUT2D eigenvalue weighted by Crippen LogP contribution is -2.54. The van der Waals surface area contributed by atoms with Gasteiger partial charge in [0.25, 0.3) is 5.91 Å². The first-order valence-electron chi connectivity index (χ1n) is 8.22. The van der Waals surface area contributed by atoms with Gasteiger partial charge in [-0.05, 0) is 37.0 Å². The van der Waals surface area contributed by atoms with Gasteiger partial charge in [0.1, 0.15) is 12.1 Å². The number of halogens is 2. The Bertz CT molecular complexity index is 720. The van der Waals surface area contributed by atoms with E-state index in [0.717, 1.165) is 24.2 Å². The van der Waals surface area contributed by atoms with Gasteiger partial charge in [-0.25, -0.2) is 4.79 Å². The minimum Gasteiger partial charge on any atom is -0.324 e. The Morgan fingerprint density at radius 2 is 1.96 bits per heavy atom. The van der Waals surface area contributed by atoms with Gasteiger partial charge in [0.2, 0.25) is 5.91 Å². The third-order valence-electron chi connectivity index (χ3n) is 4.95. The molecule has 0 aromatic heterocycles. The summed E-state index contributed by atoms with van der Waals surface area (Å²) in [4.78, 5) is 38.3. The van der Waals surface area contributed by atoms with E-state index in [-0.39, 0.29) is 18.4 Å². The standard InChI is InChI=1S/C17H19Cl2N3O3/c1-10-4-2-3-5-17(10)15(24)22(16(25)21-17)9-14(23)20-13-7-11(18)6-12(19)8-13/h6-8,10H,2-5,9H2,1H3,(H,20,23)(H,21,25)/t10-,17+/m0/s1. The van der Waals surface area contributed by atoms with Crippen LogP contribution < -0.4 is 10.6 Å². The fourth-order valence-corrected chi connectivity index (χ4v) is 4.14. The number of carbonyl (C=O) groups is 3. The van der Waals surface area contributed by atoms with Crippen molar-refractivity contribution in [1.82, 2.24) is 10.2 Å². The van der Waals surface area contributed by atoms with Crippen molar-refractivity contribution in [3.05, 3.63) is 28.2 Å². The first-order valence-corrected chi connectivity index (χ1v) is 8.97. The Hall–Kier alpha value is -1.79. The van der Waals surface area contributed by atoms with Crippen LogP contribution in [0.4, 0.5) is 10.5 Å². The van der Waals surface area contributed by atoms with Gasteiger partial charge < -0.3 is 10.6 Å². The van der Waals surface area contributed by atoms with Crippen molar-refractivity contribution in [2.45, 2.75) is 38.1 Å². The SMILES string of the molecule is C[C@H]1CCCC[C@@]12NC(=O)N(CC(=O)Nc1cc(Cl)cc(Cl)c1)C2=O. The van der Waals surface area contributed by atoms with E-state index >= 15 is 0 Å². The maximum atomic E-state index is 12.8. The predicted octanol–water partition coefficient (Wildman–Crippen LogP) is 3.43. The number of benzene rings is 1. The predicted molar refractivity (Wildman–Crippen MR) is 95.7 cm³/mol. The summed E-state index contributed by atoms with van der Waals surface area (Å²) in [6.07, 6.45) is 3.42. The van der Waals surface area contributed by atoms with Gasteiger partial charge in [-0.15, -0.1) is 0 Å². The fourth-order valence-electron chi connectivity index (χ4n) is 3.61. The largest absolute Gasteiger partial charge is 0.325 e. The molecule has 1 spiro atoms. The number of anilines is 1. The zero-order valence-corrected chi connectivity index (χ0v) is 15.3. The summed E-state index contributed by atoms with van der Waals surface area (Å²) < 4.78 is 0. The Balaban J connectivity index is 1.71. The van der Waals surface area contributed by atoms with E-state index in [2.05, 4.69) is 10.6 Å². The van der Waals surface area contributed by atoms with Crippen molar-refractivity contribution in [2.75, 3.05) is 11.9 Å². The lowest BCUT2D eigenvalue weighted by atomic mass is 9.73. The van der Waals surface area contributed by atoms with Crippen LogP contribution in [-0.2, 0) is 9.59 Å². The molecule has 3 rings (SSSR count). The highest BCUT2D eigenvalue weighted by Crippen LogP contribution is 2.38. The molecule has 1 saturated carbocycles. The molecule has 2 aliphatic rings. The normalized spacial score (nSPS) is 26.0. The van der Waals surface area contributed by atoms with Crippen molar-refractivity contribution in [3.8, 4) is 0 Å². The molecule has 1 heterocycles. The van der Waals surface area contributed by atoms with E-state index < -0.39 is 17.5 Å². The minimum absolute atomic E-state index is 0.0532. The van der Waals surface area contributed by atoms with E-state index in [1.54, 1.807) is 18.2 Å². The number of nitrogens with one attached hydrogen (secondary N) is 2. The second kappa shape index (κ2) is 6.84. The molecule has 0 radical (unpaired) electrons. The summed E-state index contributed by atoms with van der Waals surface area (Å²) in [7, 11) is 0. The molecule has 134 valence electrons. The van der Waals surface area contributed by atoms with Crippen LogP contribution in [0.15, 0.2) is 18.2 Å². The Morgan fingerprint density at radius 3 is 2.60 bits per heavy atom. The van der Waals surface area contributed by atoms with Crippen molar-refractivity contribution >= 4 is 46.7 Å². The number of hydrogen-bond acceptors (Lipinski definition) is 3. The summed E-state index contributed by atoms with van der Waals surface area (Å²) in [5, 5.41) is 6.20. The second-order valence-electron chi connectivity index (χ2n) is 6.65. The third kappa shape index (κ3) is 3.46. The Kier molecular flexibility index (Phi) is 4.93. The highest BCUT2D eigenvalue weighted by molar-refractivity contribution is 6.35. The molecule has 2 atom stereocenters. The van der Waals surface area contributed by atoms with Crippen molar-refractivity contribution in [2.24, 2.45) is 5.92 Å². The monoisotopic (exact) mass is 383 g/mol. The van der Waals surface area contributed by atoms with Crippen LogP contribution in [0.2, 0.25) is 10.0 Å². The molecule has 1 aliphatic heterocycles. The van der Waals surface area contributed by atoms with E-state index in [0.29, 0.717) is 22.2 Å². The maximum Gasteiger partial charge on any atom is 0.325 e. The van der Waals surface area contributed by atoms with Crippen LogP contribution in [0.5, 0.6) is 0 Å². The Morgan fingerprint density at radius 1 is 1.28 bits per heavy atom. The number of hydrogen-bond donors (Lipinski definition) is 2. The summed E-state index contributed by atoms with van der Waals surface area (Å²) in [5.74, 6) is -0.746. The van der Waals surface area contributed by atoms with E-state index in [4.69, 9.17) is 23.2 Å². The number of urea groups is 1. The molecule has 0 bridgehead atoms. The van der Waals surface area contributed by atoms with Gasteiger partial charge in [-0.2, -0.15) is 0 Å². The van der Waals surface area contributed by atoms with Gasteiger partial charge in [-0.3, -0.25) is 14.5 Å². The third-order valence-corrected chi connectivity index (χ3v) is 5.39. The lowest BCUT2D eigenvalue weighted by molar-refractivity contribution is -0.136. The fraction of sp³-hybridized carbons (Fsp3) is 0.471. The molecule has 1 aromatic rings. The number of nitrogens with zero attached hydrogens (tertiary/aromatic N) is 1. The molecule has 1 saturated heterocycles. The highest BCUT2D eigenvalue weighted by atomic mass is 35.5. The first-order chi connectivity index (χ1) is 11.8. The number of carbonyl (C=O) groups excluding carboxylic acids is 3.